The highest BCUT2D eigenvalue weighted by molar-refractivity contribution is 5.95. The lowest BCUT2D eigenvalue weighted by Gasteiger charge is -2.39. The lowest BCUT2D eigenvalue weighted by molar-refractivity contribution is 0.0315. The monoisotopic (exact) mass is 319 g/mol. The zero-order valence-corrected chi connectivity index (χ0v) is 14.6. The van der Waals surface area contributed by atoms with Crippen LogP contribution in [0.2, 0.25) is 0 Å². The molecule has 1 saturated carbocycles. The topological polar surface area (TPSA) is 48.7 Å². The van der Waals surface area contributed by atoms with Crippen LogP contribution in [0.3, 0.4) is 0 Å². The molecule has 1 aromatic heterocycles. The van der Waals surface area contributed by atoms with Crippen molar-refractivity contribution in [3.05, 3.63) is 23.0 Å². The summed E-state index contributed by atoms with van der Waals surface area (Å²) in [5.41, 5.74) is 3.07. The van der Waals surface area contributed by atoms with E-state index in [2.05, 4.69) is 23.3 Å². The number of carbonyl (C=O) groups excluding carboxylic acids is 1. The average Bonchev–Trinajstić information content (AvgIpc) is 3.10. The molecule has 1 aliphatic carbocycles. The van der Waals surface area contributed by atoms with Gasteiger partial charge in [0.05, 0.1) is 11.7 Å². The van der Waals surface area contributed by atoms with E-state index in [4.69, 9.17) is 0 Å². The number of aliphatic hydroxyl groups excluding tert-OH is 1. The second-order valence-electron chi connectivity index (χ2n) is 6.92. The van der Waals surface area contributed by atoms with E-state index in [-0.39, 0.29) is 12.0 Å². The number of piperazine rings is 1. The standard InChI is InChI=1S/C18H29N3O2/c1-4-21-13(2)12-15(14(21)3)18(23)20-10-8-19(9-11-20)16-6-5-7-17(16)22/h12,16-17,22H,4-11H2,1-3H3/t16-,17-/m0/s1. The molecule has 5 nitrogen and oxygen atoms in total. The Kier molecular flexibility index (Phi) is 4.78. The van der Waals surface area contributed by atoms with Gasteiger partial charge in [0.2, 0.25) is 0 Å². The maximum atomic E-state index is 12.8. The largest absolute Gasteiger partial charge is 0.391 e. The molecule has 1 amide bonds. The number of rotatable bonds is 3. The van der Waals surface area contributed by atoms with Gasteiger partial charge in [0.1, 0.15) is 0 Å². The fourth-order valence-electron chi connectivity index (χ4n) is 4.28. The van der Waals surface area contributed by atoms with E-state index in [9.17, 15) is 9.90 Å². The molecular formula is C18H29N3O2. The van der Waals surface area contributed by atoms with E-state index in [1.165, 1.54) is 0 Å². The molecule has 0 radical (unpaired) electrons. The predicted molar refractivity (Wildman–Crippen MR) is 90.7 cm³/mol. The van der Waals surface area contributed by atoms with Crippen LogP contribution in [-0.4, -0.2) is 63.7 Å². The van der Waals surface area contributed by atoms with Crippen LogP contribution < -0.4 is 0 Å². The minimum atomic E-state index is -0.180. The fraction of sp³-hybridized carbons (Fsp3) is 0.722. The molecule has 0 unspecified atom stereocenters. The van der Waals surface area contributed by atoms with Gasteiger partial charge in [-0.2, -0.15) is 0 Å². The van der Waals surface area contributed by atoms with Crippen molar-refractivity contribution in [2.45, 2.75) is 58.7 Å². The van der Waals surface area contributed by atoms with Crippen LogP contribution in [0, 0.1) is 13.8 Å². The first kappa shape index (κ1) is 16.5. The third kappa shape index (κ3) is 3.04. The smallest absolute Gasteiger partial charge is 0.255 e. The summed E-state index contributed by atoms with van der Waals surface area (Å²) in [5, 5.41) is 10.1. The summed E-state index contributed by atoms with van der Waals surface area (Å²) in [7, 11) is 0. The van der Waals surface area contributed by atoms with Gasteiger partial charge in [-0.3, -0.25) is 9.69 Å². The lowest BCUT2D eigenvalue weighted by Crippen LogP contribution is -2.53. The summed E-state index contributed by atoms with van der Waals surface area (Å²) in [6.07, 6.45) is 2.95. The molecule has 2 aliphatic rings. The maximum Gasteiger partial charge on any atom is 0.255 e. The Morgan fingerprint density at radius 3 is 2.43 bits per heavy atom. The average molecular weight is 319 g/mol. The van der Waals surface area contributed by atoms with Gasteiger partial charge in [-0.1, -0.05) is 0 Å². The summed E-state index contributed by atoms with van der Waals surface area (Å²) in [6.45, 7) is 10.4. The number of carbonyl (C=O) groups is 1. The number of hydrogen-bond acceptors (Lipinski definition) is 3. The molecule has 2 fully saturated rings. The second-order valence-corrected chi connectivity index (χ2v) is 6.92. The van der Waals surface area contributed by atoms with Gasteiger partial charge >= 0.3 is 0 Å². The van der Waals surface area contributed by atoms with Gasteiger partial charge in [-0.25, -0.2) is 0 Å². The van der Waals surface area contributed by atoms with Crippen molar-refractivity contribution in [2.24, 2.45) is 0 Å². The van der Waals surface area contributed by atoms with Crippen LogP contribution in [0.5, 0.6) is 0 Å². The van der Waals surface area contributed by atoms with Crippen molar-refractivity contribution in [2.75, 3.05) is 26.2 Å². The molecule has 5 heteroatoms. The van der Waals surface area contributed by atoms with Gasteiger partial charge in [0, 0.05) is 50.2 Å². The van der Waals surface area contributed by atoms with E-state index in [0.717, 1.165) is 68.9 Å². The van der Waals surface area contributed by atoms with Gasteiger partial charge in [0.25, 0.3) is 5.91 Å². The molecule has 128 valence electrons. The molecule has 0 spiro atoms. The zero-order valence-electron chi connectivity index (χ0n) is 14.6. The first-order valence-corrected chi connectivity index (χ1v) is 8.91. The molecule has 3 rings (SSSR count). The van der Waals surface area contributed by atoms with Crippen LogP contribution in [-0.2, 0) is 6.54 Å². The van der Waals surface area contributed by atoms with Crippen molar-refractivity contribution in [3.63, 3.8) is 0 Å². The van der Waals surface area contributed by atoms with Gasteiger partial charge in [-0.05, 0) is 46.1 Å². The Morgan fingerprint density at radius 2 is 1.91 bits per heavy atom. The fourth-order valence-corrected chi connectivity index (χ4v) is 4.28. The molecule has 1 aromatic rings. The van der Waals surface area contributed by atoms with Gasteiger partial charge < -0.3 is 14.6 Å². The van der Waals surface area contributed by atoms with Crippen molar-refractivity contribution in [1.82, 2.24) is 14.4 Å². The van der Waals surface area contributed by atoms with Crippen molar-refractivity contribution in [3.8, 4) is 0 Å². The molecule has 1 N–H and O–H groups in total. The highest BCUT2D eigenvalue weighted by Crippen LogP contribution is 2.25. The van der Waals surface area contributed by atoms with Gasteiger partial charge in [0.15, 0.2) is 0 Å². The zero-order chi connectivity index (χ0) is 16.6. The Bertz CT molecular complexity index is 573. The minimum Gasteiger partial charge on any atom is -0.391 e. The Hall–Kier alpha value is -1.33. The van der Waals surface area contributed by atoms with E-state index < -0.39 is 0 Å². The van der Waals surface area contributed by atoms with Crippen LogP contribution in [0.25, 0.3) is 0 Å². The summed E-state index contributed by atoms with van der Waals surface area (Å²) in [5.74, 6) is 0.157. The minimum absolute atomic E-state index is 0.157. The second kappa shape index (κ2) is 6.65. The number of aliphatic hydroxyl groups is 1. The van der Waals surface area contributed by atoms with E-state index >= 15 is 0 Å². The van der Waals surface area contributed by atoms with E-state index in [1.807, 2.05) is 17.9 Å². The highest BCUT2D eigenvalue weighted by Gasteiger charge is 2.33. The Balaban J connectivity index is 1.64. The Labute approximate surface area is 138 Å². The number of nitrogens with zero attached hydrogens (tertiary/aromatic N) is 3. The summed E-state index contributed by atoms with van der Waals surface area (Å²) >= 11 is 0. The van der Waals surface area contributed by atoms with E-state index in [1.54, 1.807) is 0 Å². The van der Waals surface area contributed by atoms with Crippen LogP contribution >= 0.6 is 0 Å². The van der Waals surface area contributed by atoms with Crippen molar-refractivity contribution < 1.29 is 9.90 Å². The number of aromatic nitrogens is 1. The molecule has 0 aromatic carbocycles. The normalized spacial score (nSPS) is 26.0. The first-order valence-electron chi connectivity index (χ1n) is 8.91. The molecule has 1 saturated heterocycles. The van der Waals surface area contributed by atoms with Crippen molar-refractivity contribution in [1.29, 1.82) is 0 Å². The van der Waals surface area contributed by atoms with E-state index in [0.29, 0.717) is 6.04 Å². The number of aryl methyl sites for hydroxylation is 1. The highest BCUT2D eigenvalue weighted by atomic mass is 16.3. The summed E-state index contributed by atoms with van der Waals surface area (Å²) in [6, 6.07) is 2.33. The van der Waals surface area contributed by atoms with Crippen molar-refractivity contribution >= 4 is 5.91 Å². The molecule has 0 bridgehead atoms. The maximum absolute atomic E-state index is 12.8. The summed E-state index contributed by atoms with van der Waals surface area (Å²) < 4.78 is 2.19. The third-order valence-corrected chi connectivity index (χ3v) is 5.63. The Morgan fingerprint density at radius 1 is 1.22 bits per heavy atom. The number of hydrogen-bond donors (Lipinski definition) is 1. The molecule has 1 aliphatic heterocycles. The predicted octanol–water partition coefficient (Wildman–Crippen LogP) is 1.80. The third-order valence-electron chi connectivity index (χ3n) is 5.63. The molecular weight excluding hydrogens is 290 g/mol. The first-order chi connectivity index (χ1) is 11.0. The quantitative estimate of drug-likeness (QED) is 0.924. The molecule has 2 heterocycles. The van der Waals surface area contributed by atoms with Gasteiger partial charge in [-0.15, -0.1) is 0 Å². The van der Waals surface area contributed by atoms with Crippen LogP contribution in [0.15, 0.2) is 6.07 Å². The van der Waals surface area contributed by atoms with Crippen LogP contribution in [0.4, 0.5) is 0 Å². The number of amides is 1. The molecule has 2 atom stereocenters. The molecule has 23 heavy (non-hydrogen) atoms. The lowest BCUT2D eigenvalue weighted by atomic mass is 10.1. The SMILES string of the molecule is CCn1c(C)cc(C(=O)N2CCN([C@H]3CCC[C@@H]3O)CC2)c1C. The van der Waals surface area contributed by atoms with Crippen LogP contribution in [0.1, 0.15) is 47.9 Å². The summed E-state index contributed by atoms with van der Waals surface area (Å²) in [4.78, 5) is 17.2.